The SMILES string of the molecule is O=C(CCCC[C@@H]1SC[C@@H]2NC(=O)N[C@@H]21)NCC(=O)N1C[C@@H]2CS(=O)(=O)SC[C@H]2C1. The molecule has 4 aliphatic heterocycles. The quantitative estimate of drug-likeness (QED) is 0.268. The number of urea groups is 1. The summed E-state index contributed by atoms with van der Waals surface area (Å²) < 4.78 is 23.5. The number of hydrogen-bond acceptors (Lipinski definition) is 7. The van der Waals surface area contributed by atoms with E-state index in [4.69, 9.17) is 0 Å². The number of carbonyl (C=O) groups is 3. The summed E-state index contributed by atoms with van der Waals surface area (Å²) in [6.45, 7) is 1.01. The lowest BCUT2D eigenvalue weighted by atomic mass is 10.0. The number of nitrogens with zero attached hydrogens (tertiary/aromatic N) is 1. The van der Waals surface area contributed by atoms with Crippen molar-refractivity contribution >= 4 is 49.3 Å². The highest BCUT2D eigenvalue weighted by Crippen LogP contribution is 2.36. The molecule has 4 saturated heterocycles. The van der Waals surface area contributed by atoms with Crippen LogP contribution in [0.1, 0.15) is 25.7 Å². The van der Waals surface area contributed by atoms with Gasteiger partial charge < -0.3 is 20.9 Å². The summed E-state index contributed by atoms with van der Waals surface area (Å²) in [4.78, 5) is 37.6. The third kappa shape index (κ3) is 5.18. The number of thioether (sulfide) groups is 1. The lowest BCUT2D eigenvalue weighted by Crippen LogP contribution is -2.39. The Kier molecular flexibility index (Phi) is 6.73. The summed E-state index contributed by atoms with van der Waals surface area (Å²) in [5.74, 6) is 1.58. The molecule has 30 heavy (non-hydrogen) atoms. The van der Waals surface area contributed by atoms with E-state index in [1.54, 1.807) is 4.90 Å². The van der Waals surface area contributed by atoms with Gasteiger partial charge in [-0.3, -0.25) is 9.59 Å². The van der Waals surface area contributed by atoms with E-state index in [0.717, 1.165) is 35.8 Å². The lowest BCUT2D eigenvalue weighted by molar-refractivity contribution is -0.132. The van der Waals surface area contributed by atoms with Gasteiger partial charge in [0.25, 0.3) is 0 Å². The van der Waals surface area contributed by atoms with Crippen molar-refractivity contribution in [3.8, 4) is 0 Å². The minimum Gasteiger partial charge on any atom is -0.347 e. The molecule has 0 aromatic rings. The highest BCUT2D eigenvalue weighted by atomic mass is 33.1. The van der Waals surface area contributed by atoms with E-state index >= 15 is 0 Å². The van der Waals surface area contributed by atoms with Crippen molar-refractivity contribution in [3.05, 3.63) is 0 Å². The Balaban J connectivity index is 1.10. The van der Waals surface area contributed by atoms with Gasteiger partial charge in [-0.05, 0) is 35.5 Å². The van der Waals surface area contributed by atoms with Crippen LogP contribution in [0.2, 0.25) is 0 Å². The monoisotopic (exact) mass is 476 g/mol. The molecule has 0 bridgehead atoms. The molecular weight excluding hydrogens is 448 g/mol. The first kappa shape index (κ1) is 22.1. The Morgan fingerprint density at radius 2 is 1.93 bits per heavy atom. The molecule has 0 spiro atoms. The Hall–Kier alpha value is -1.14. The first-order valence-corrected chi connectivity index (χ1v) is 14.6. The molecule has 0 saturated carbocycles. The third-order valence-electron chi connectivity index (χ3n) is 6.33. The van der Waals surface area contributed by atoms with Crippen LogP contribution in [0, 0.1) is 11.8 Å². The summed E-state index contributed by atoms with van der Waals surface area (Å²) in [6.07, 6.45) is 2.99. The molecule has 4 aliphatic rings. The average molecular weight is 477 g/mol. The van der Waals surface area contributed by atoms with Crippen molar-refractivity contribution in [2.45, 2.75) is 43.0 Å². The van der Waals surface area contributed by atoms with Crippen LogP contribution >= 0.6 is 22.6 Å². The zero-order valence-corrected chi connectivity index (χ0v) is 19.1. The van der Waals surface area contributed by atoms with E-state index in [2.05, 4.69) is 16.0 Å². The van der Waals surface area contributed by atoms with Crippen LogP contribution in [0.4, 0.5) is 4.79 Å². The van der Waals surface area contributed by atoms with Gasteiger partial charge in [0.2, 0.25) is 20.7 Å². The maximum Gasteiger partial charge on any atom is 0.315 e. The van der Waals surface area contributed by atoms with Gasteiger partial charge in [0.15, 0.2) is 0 Å². The van der Waals surface area contributed by atoms with Crippen LogP contribution in [-0.4, -0.2) is 85.4 Å². The Bertz CT molecular complexity index is 808. The number of hydrogen-bond donors (Lipinski definition) is 3. The van der Waals surface area contributed by atoms with Gasteiger partial charge in [0, 0.05) is 36.3 Å². The third-order valence-corrected chi connectivity index (χ3v) is 11.5. The predicted octanol–water partition coefficient (Wildman–Crippen LogP) is -0.0204. The molecule has 0 aliphatic carbocycles. The predicted molar refractivity (Wildman–Crippen MR) is 117 cm³/mol. The summed E-state index contributed by atoms with van der Waals surface area (Å²) in [5.41, 5.74) is 0. The van der Waals surface area contributed by atoms with Crippen LogP contribution in [-0.2, 0) is 18.5 Å². The summed E-state index contributed by atoms with van der Waals surface area (Å²) in [5, 5.41) is 8.98. The molecule has 3 N–H and O–H groups in total. The molecule has 4 fully saturated rings. The number of rotatable bonds is 7. The van der Waals surface area contributed by atoms with Crippen molar-refractivity contribution in [1.82, 2.24) is 20.9 Å². The van der Waals surface area contributed by atoms with Crippen LogP contribution in [0.3, 0.4) is 0 Å². The van der Waals surface area contributed by atoms with Gasteiger partial charge in [0.05, 0.1) is 24.4 Å². The van der Waals surface area contributed by atoms with Crippen LogP contribution in [0.25, 0.3) is 0 Å². The second-order valence-corrected chi connectivity index (χ2v) is 14.0. The van der Waals surface area contributed by atoms with Crippen LogP contribution in [0.15, 0.2) is 0 Å². The molecule has 0 aromatic carbocycles. The van der Waals surface area contributed by atoms with Crippen LogP contribution in [0.5, 0.6) is 0 Å². The summed E-state index contributed by atoms with van der Waals surface area (Å²) in [6, 6.07) is 0.318. The minimum atomic E-state index is -3.06. The summed E-state index contributed by atoms with van der Waals surface area (Å²) in [7, 11) is -2.06. The summed E-state index contributed by atoms with van der Waals surface area (Å²) >= 11 is 1.86. The minimum absolute atomic E-state index is 0.0174. The first-order chi connectivity index (χ1) is 14.3. The van der Waals surface area contributed by atoms with E-state index in [1.807, 2.05) is 11.8 Å². The molecule has 4 amide bonds. The fraction of sp³-hybridized carbons (Fsp3) is 0.833. The number of unbranched alkanes of at least 4 members (excludes halogenated alkanes) is 1. The normalized spacial score (nSPS) is 34.1. The van der Waals surface area contributed by atoms with Gasteiger partial charge in [-0.15, -0.1) is 0 Å². The molecule has 0 aromatic heterocycles. The average Bonchev–Trinajstić information content (AvgIpc) is 3.36. The van der Waals surface area contributed by atoms with E-state index in [0.29, 0.717) is 30.5 Å². The molecule has 12 heteroatoms. The van der Waals surface area contributed by atoms with E-state index in [-0.39, 0.29) is 54.1 Å². The van der Waals surface area contributed by atoms with Crippen LogP contribution < -0.4 is 16.0 Å². The molecule has 9 nitrogen and oxygen atoms in total. The van der Waals surface area contributed by atoms with E-state index in [9.17, 15) is 22.8 Å². The molecule has 4 heterocycles. The zero-order chi connectivity index (χ0) is 21.3. The fourth-order valence-corrected chi connectivity index (χ4v) is 9.93. The number of nitrogens with one attached hydrogen (secondary N) is 3. The zero-order valence-electron chi connectivity index (χ0n) is 16.7. The topological polar surface area (TPSA) is 125 Å². The molecule has 5 atom stereocenters. The second-order valence-electron chi connectivity index (χ2n) is 8.47. The highest BCUT2D eigenvalue weighted by Gasteiger charge is 2.43. The van der Waals surface area contributed by atoms with Crippen molar-refractivity contribution in [1.29, 1.82) is 0 Å². The second kappa shape index (κ2) is 9.15. The highest BCUT2D eigenvalue weighted by molar-refractivity contribution is 8.72. The van der Waals surface area contributed by atoms with Gasteiger partial charge in [-0.25, -0.2) is 13.2 Å². The first-order valence-electron chi connectivity index (χ1n) is 10.4. The van der Waals surface area contributed by atoms with Gasteiger partial charge in [-0.1, -0.05) is 6.42 Å². The number of fused-ring (bicyclic) bond motifs is 2. The van der Waals surface area contributed by atoms with E-state index < -0.39 is 8.87 Å². The Labute approximate surface area is 184 Å². The number of amides is 4. The standard InChI is InChI=1S/C18H28N4O5S3/c23-15(4-2-1-3-14-17-13(9-28-14)20-18(25)21-17)19-5-16(24)22-6-11-8-29-30(26,27)10-12(11)7-22/h11-14,17H,1-10H2,(H,19,23)(H2,20,21,25)/t11-,12-,13+,14+,17+/m1/s1. The van der Waals surface area contributed by atoms with Gasteiger partial charge in [-0.2, -0.15) is 11.8 Å². The number of carbonyl (C=O) groups excluding carboxylic acids is 3. The fourth-order valence-electron chi connectivity index (χ4n) is 4.67. The molecular formula is C18H28N4O5S3. The molecule has 0 radical (unpaired) electrons. The molecule has 4 rings (SSSR count). The molecule has 0 unspecified atom stereocenters. The van der Waals surface area contributed by atoms with Crippen molar-refractivity contribution < 1.29 is 22.8 Å². The lowest BCUT2D eigenvalue weighted by Gasteiger charge is -2.22. The maximum absolute atomic E-state index is 12.4. The van der Waals surface area contributed by atoms with Gasteiger partial charge in [0.1, 0.15) is 0 Å². The Morgan fingerprint density at radius 1 is 1.13 bits per heavy atom. The smallest absolute Gasteiger partial charge is 0.315 e. The number of likely N-dealkylation sites (tertiary alicyclic amines) is 1. The van der Waals surface area contributed by atoms with Gasteiger partial charge >= 0.3 is 6.03 Å². The largest absolute Gasteiger partial charge is 0.347 e. The van der Waals surface area contributed by atoms with Crippen molar-refractivity contribution in [3.63, 3.8) is 0 Å². The van der Waals surface area contributed by atoms with E-state index in [1.165, 1.54) is 0 Å². The Morgan fingerprint density at radius 3 is 2.77 bits per heavy atom. The molecule has 168 valence electrons. The van der Waals surface area contributed by atoms with Crippen molar-refractivity contribution in [2.75, 3.05) is 36.9 Å². The van der Waals surface area contributed by atoms with Crippen molar-refractivity contribution in [2.24, 2.45) is 11.8 Å². The maximum atomic E-state index is 12.4.